The highest BCUT2D eigenvalue weighted by atomic mass is 35.5. The highest BCUT2D eigenvalue weighted by Gasteiger charge is 2.21. The largest absolute Gasteiger partial charge is 0.317 e. The molecule has 0 aliphatic heterocycles. The van der Waals surface area contributed by atoms with Crippen LogP contribution < -0.4 is 0 Å². The molecule has 0 saturated carbocycles. The predicted molar refractivity (Wildman–Crippen MR) is 118 cm³/mol. The first-order valence-electron chi connectivity index (χ1n) is 9.10. The summed E-state index contributed by atoms with van der Waals surface area (Å²) in [7, 11) is 4.11. The first-order chi connectivity index (χ1) is 13.3. The third-order valence-corrected chi connectivity index (χ3v) is 5.67. The minimum Gasteiger partial charge on any atom is -0.317 e. The Labute approximate surface area is 180 Å². The van der Waals surface area contributed by atoms with Crippen molar-refractivity contribution in [3.63, 3.8) is 0 Å². The minimum atomic E-state index is 0.299. The van der Waals surface area contributed by atoms with Gasteiger partial charge in [-0.05, 0) is 49.8 Å². The number of aromatic nitrogens is 3. The van der Waals surface area contributed by atoms with E-state index in [1.165, 1.54) is 0 Å². The van der Waals surface area contributed by atoms with E-state index in [2.05, 4.69) is 48.5 Å². The van der Waals surface area contributed by atoms with Crippen LogP contribution >= 0.6 is 35.0 Å². The molecule has 1 aromatic carbocycles. The molecular formula is C21H24Cl2N4S. The monoisotopic (exact) mass is 434 g/mol. The standard InChI is InChI=1S/C21H24Cl2N4S/c1-14(2)20-21(28-18-9-16(22)8-17(23)10-18)27(19(25-20)13-26(3)4)12-15-6-5-7-24-11-15/h5-11,14H,12-13H2,1-4H3. The fourth-order valence-electron chi connectivity index (χ4n) is 2.93. The van der Waals surface area contributed by atoms with Gasteiger partial charge in [0.05, 0.1) is 18.8 Å². The van der Waals surface area contributed by atoms with Crippen LogP contribution in [0.1, 0.15) is 36.8 Å². The van der Waals surface area contributed by atoms with E-state index in [0.29, 0.717) is 22.5 Å². The van der Waals surface area contributed by atoms with E-state index in [9.17, 15) is 0 Å². The van der Waals surface area contributed by atoms with E-state index in [1.54, 1.807) is 24.0 Å². The van der Waals surface area contributed by atoms with E-state index in [-0.39, 0.29) is 0 Å². The Balaban J connectivity index is 2.09. The van der Waals surface area contributed by atoms with Crippen LogP contribution in [0.25, 0.3) is 0 Å². The average Bonchev–Trinajstić information content (AvgIpc) is 2.92. The lowest BCUT2D eigenvalue weighted by Gasteiger charge is -2.15. The summed E-state index contributed by atoms with van der Waals surface area (Å²) in [5.41, 5.74) is 2.23. The zero-order chi connectivity index (χ0) is 20.3. The van der Waals surface area contributed by atoms with Crippen molar-refractivity contribution in [2.24, 2.45) is 0 Å². The summed E-state index contributed by atoms with van der Waals surface area (Å²) in [5, 5.41) is 2.38. The highest BCUT2D eigenvalue weighted by Crippen LogP contribution is 2.37. The summed E-state index contributed by atoms with van der Waals surface area (Å²) in [6.45, 7) is 5.82. The number of pyridine rings is 1. The number of hydrogen-bond acceptors (Lipinski definition) is 4. The molecule has 28 heavy (non-hydrogen) atoms. The molecule has 2 aromatic heterocycles. The topological polar surface area (TPSA) is 34.0 Å². The Morgan fingerprint density at radius 3 is 2.43 bits per heavy atom. The maximum Gasteiger partial charge on any atom is 0.124 e. The molecule has 0 atom stereocenters. The molecule has 2 heterocycles. The molecule has 4 nitrogen and oxygen atoms in total. The van der Waals surface area contributed by atoms with Gasteiger partial charge in [-0.15, -0.1) is 0 Å². The maximum absolute atomic E-state index is 6.23. The van der Waals surface area contributed by atoms with E-state index < -0.39 is 0 Å². The van der Waals surface area contributed by atoms with Crippen molar-refractivity contribution in [1.82, 2.24) is 19.4 Å². The molecule has 0 amide bonds. The molecule has 148 valence electrons. The first kappa shape index (κ1) is 21.2. The Bertz CT molecular complexity index is 919. The molecule has 0 bridgehead atoms. The highest BCUT2D eigenvalue weighted by molar-refractivity contribution is 7.99. The SMILES string of the molecule is CC(C)c1nc(CN(C)C)n(Cc2cccnc2)c1Sc1cc(Cl)cc(Cl)c1. The maximum atomic E-state index is 6.23. The molecule has 3 aromatic rings. The van der Waals surface area contributed by atoms with Crippen LogP contribution in [0.2, 0.25) is 10.0 Å². The number of nitrogens with zero attached hydrogens (tertiary/aromatic N) is 4. The fraction of sp³-hybridized carbons (Fsp3) is 0.333. The summed E-state index contributed by atoms with van der Waals surface area (Å²) in [6, 6.07) is 9.68. The second kappa shape index (κ2) is 9.31. The number of hydrogen-bond donors (Lipinski definition) is 0. The van der Waals surface area contributed by atoms with Gasteiger partial charge in [-0.25, -0.2) is 4.98 Å². The number of benzene rings is 1. The van der Waals surface area contributed by atoms with Gasteiger partial charge >= 0.3 is 0 Å². The Hall–Kier alpha value is -1.53. The summed E-state index contributed by atoms with van der Waals surface area (Å²) in [5.74, 6) is 1.33. The summed E-state index contributed by atoms with van der Waals surface area (Å²) < 4.78 is 2.28. The number of halogens is 2. The molecule has 0 aliphatic rings. The van der Waals surface area contributed by atoms with Crippen LogP contribution in [0, 0.1) is 0 Å². The van der Waals surface area contributed by atoms with E-state index in [1.807, 2.05) is 24.4 Å². The van der Waals surface area contributed by atoms with Crippen molar-refractivity contribution in [3.8, 4) is 0 Å². The molecule has 7 heteroatoms. The normalized spacial score (nSPS) is 11.6. The third kappa shape index (κ3) is 5.29. The van der Waals surface area contributed by atoms with Crippen molar-refractivity contribution < 1.29 is 0 Å². The second-order valence-electron chi connectivity index (χ2n) is 7.27. The average molecular weight is 435 g/mol. The quantitative estimate of drug-likeness (QED) is 0.458. The summed E-state index contributed by atoms with van der Waals surface area (Å²) >= 11 is 14.1. The van der Waals surface area contributed by atoms with E-state index >= 15 is 0 Å². The molecule has 0 unspecified atom stereocenters. The third-order valence-electron chi connectivity index (χ3n) is 4.14. The van der Waals surface area contributed by atoms with Gasteiger partial charge in [-0.1, -0.05) is 54.9 Å². The van der Waals surface area contributed by atoms with Crippen LogP contribution in [0.3, 0.4) is 0 Å². The minimum absolute atomic E-state index is 0.299. The van der Waals surface area contributed by atoms with Gasteiger partial charge in [0.1, 0.15) is 10.9 Å². The Morgan fingerprint density at radius 2 is 1.86 bits per heavy atom. The van der Waals surface area contributed by atoms with Gasteiger partial charge in [-0.3, -0.25) is 4.98 Å². The summed E-state index contributed by atoms with van der Waals surface area (Å²) in [4.78, 5) is 12.4. The molecule has 0 fully saturated rings. The lowest BCUT2D eigenvalue weighted by atomic mass is 10.1. The Kier molecular flexibility index (Phi) is 7.05. The zero-order valence-corrected chi connectivity index (χ0v) is 18.8. The van der Waals surface area contributed by atoms with Crippen LogP contribution in [0.4, 0.5) is 0 Å². The first-order valence-corrected chi connectivity index (χ1v) is 10.7. The van der Waals surface area contributed by atoms with Crippen LogP contribution in [0.5, 0.6) is 0 Å². The van der Waals surface area contributed by atoms with Crippen molar-refractivity contribution in [2.45, 2.75) is 42.8 Å². The van der Waals surface area contributed by atoms with E-state index in [4.69, 9.17) is 28.2 Å². The van der Waals surface area contributed by atoms with E-state index in [0.717, 1.165) is 33.5 Å². The molecule has 0 N–H and O–H groups in total. The number of imidazole rings is 1. The smallest absolute Gasteiger partial charge is 0.124 e. The molecule has 0 aliphatic carbocycles. The summed E-state index contributed by atoms with van der Waals surface area (Å²) in [6.07, 6.45) is 3.69. The molecule has 0 saturated heterocycles. The van der Waals surface area contributed by atoms with Gasteiger partial charge in [0, 0.05) is 27.3 Å². The molecular weight excluding hydrogens is 411 g/mol. The van der Waals surface area contributed by atoms with Gasteiger partial charge in [0.25, 0.3) is 0 Å². The fourth-order valence-corrected chi connectivity index (χ4v) is 4.84. The van der Waals surface area contributed by atoms with Crippen molar-refractivity contribution in [1.29, 1.82) is 0 Å². The lowest BCUT2D eigenvalue weighted by Crippen LogP contribution is -2.16. The molecule has 0 spiro atoms. The van der Waals surface area contributed by atoms with Crippen molar-refractivity contribution >= 4 is 35.0 Å². The van der Waals surface area contributed by atoms with Gasteiger partial charge in [0.15, 0.2) is 0 Å². The lowest BCUT2D eigenvalue weighted by molar-refractivity contribution is 0.380. The van der Waals surface area contributed by atoms with Crippen LogP contribution in [-0.4, -0.2) is 33.5 Å². The predicted octanol–water partition coefficient (Wildman–Crippen LogP) is 5.97. The van der Waals surface area contributed by atoms with Gasteiger partial charge in [0.2, 0.25) is 0 Å². The van der Waals surface area contributed by atoms with Crippen LogP contribution in [0.15, 0.2) is 52.6 Å². The van der Waals surface area contributed by atoms with Crippen LogP contribution in [-0.2, 0) is 13.1 Å². The van der Waals surface area contributed by atoms with Crippen molar-refractivity contribution in [3.05, 3.63) is 69.9 Å². The molecule has 3 rings (SSSR count). The zero-order valence-electron chi connectivity index (χ0n) is 16.5. The van der Waals surface area contributed by atoms with Crippen molar-refractivity contribution in [2.75, 3.05) is 14.1 Å². The second-order valence-corrected chi connectivity index (χ2v) is 9.20. The number of rotatable bonds is 7. The van der Waals surface area contributed by atoms with Gasteiger partial charge < -0.3 is 9.47 Å². The molecule has 0 radical (unpaired) electrons. The Morgan fingerprint density at radius 1 is 1.14 bits per heavy atom. The van der Waals surface area contributed by atoms with Gasteiger partial charge in [-0.2, -0.15) is 0 Å².